The molecule has 0 radical (unpaired) electrons. The van der Waals surface area contributed by atoms with Gasteiger partial charge in [-0.1, -0.05) is 12.1 Å². The lowest BCUT2D eigenvalue weighted by atomic mass is 10.1. The maximum absolute atomic E-state index is 13.7. The number of hydrogen-bond donors (Lipinski definition) is 1. The molecule has 0 aliphatic carbocycles. The molecule has 134 valence electrons. The molecule has 2 aromatic rings. The summed E-state index contributed by atoms with van der Waals surface area (Å²) in [5.41, 5.74) is 0.570. The smallest absolute Gasteiger partial charge is 0.254 e. The van der Waals surface area contributed by atoms with Gasteiger partial charge in [-0.3, -0.25) is 4.79 Å². The molecule has 0 aliphatic rings. The van der Waals surface area contributed by atoms with Crippen molar-refractivity contribution in [3.8, 4) is 0 Å². The van der Waals surface area contributed by atoms with Gasteiger partial charge < -0.3 is 5.32 Å². The molecule has 0 bridgehead atoms. The van der Waals surface area contributed by atoms with Crippen LogP contribution in [0.15, 0.2) is 46.0 Å². The van der Waals surface area contributed by atoms with Gasteiger partial charge in [0.15, 0.2) is 5.82 Å². The summed E-state index contributed by atoms with van der Waals surface area (Å²) in [5.74, 6) is -1.31. The van der Waals surface area contributed by atoms with E-state index in [0.717, 1.165) is 10.5 Å². The van der Waals surface area contributed by atoms with Gasteiger partial charge >= 0.3 is 0 Å². The first kappa shape index (κ1) is 19.5. The van der Waals surface area contributed by atoms with Gasteiger partial charge in [-0.15, -0.1) is 0 Å². The van der Waals surface area contributed by atoms with Crippen LogP contribution in [0.2, 0.25) is 0 Å². The van der Waals surface area contributed by atoms with Gasteiger partial charge in [0.1, 0.15) is 4.60 Å². The van der Waals surface area contributed by atoms with Crippen LogP contribution < -0.4 is 5.32 Å². The van der Waals surface area contributed by atoms with Crippen LogP contribution in [-0.2, 0) is 10.0 Å². The number of rotatable bonds is 5. The van der Waals surface area contributed by atoms with Crippen molar-refractivity contribution in [2.24, 2.45) is 0 Å². The monoisotopic (exact) mass is 429 g/mol. The molecule has 0 saturated carbocycles. The Kier molecular flexibility index (Phi) is 5.91. The zero-order valence-corrected chi connectivity index (χ0v) is 16.2. The van der Waals surface area contributed by atoms with Crippen LogP contribution in [0.3, 0.4) is 0 Å². The van der Waals surface area contributed by atoms with E-state index < -0.39 is 27.8 Å². The third-order valence-corrected chi connectivity index (χ3v) is 5.84. The van der Waals surface area contributed by atoms with Gasteiger partial charge in [-0.05, 0) is 46.6 Å². The van der Waals surface area contributed by atoms with E-state index in [-0.39, 0.29) is 10.5 Å². The van der Waals surface area contributed by atoms with Gasteiger partial charge in [-0.25, -0.2) is 22.1 Å². The van der Waals surface area contributed by atoms with Crippen molar-refractivity contribution in [3.05, 3.63) is 58.1 Å². The predicted molar refractivity (Wildman–Crippen MR) is 95.1 cm³/mol. The van der Waals surface area contributed by atoms with Crippen molar-refractivity contribution >= 4 is 31.9 Å². The molecule has 1 unspecified atom stereocenters. The largest absolute Gasteiger partial charge is 0.345 e. The van der Waals surface area contributed by atoms with Crippen molar-refractivity contribution in [2.45, 2.75) is 17.9 Å². The van der Waals surface area contributed by atoms with Crippen LogP contribution >= 0.6 is 15.9 Å². The molecule has 25 heavy (non-hydrogen) atoms. The summed E-state index contributed by atoms with van der Waals surface area (Å²) in [5, 5.41) is 2.67. The predicted octanol–water partition coefficient (Wildman–Crippen LogP) is 2.72. The highest BCUT2D eigenvalue weighted by molar-refractivity contribution is 9.10. The normalized spacial score (nSPS) is 12.9. The zero-order valence-electron chi connectivity index (χ0n) is 13.8. The van der Waals surface area contributed by atoms with Crippen LogP contribution in [0.4, 0.5) is 4.39 Å². The zero-order chi connectivity index (χ0) is 18.8. The number of hydrogen-bond acceptors (Lipinski definition) is 4. The van der Waals surface area contributed by atoms with E-state index in [1.165, 1.54) is 32.3 Å². The molecule has 1 aromatic heterocycles. The lowest BCUT2D eigenvalue weighted by Gasteiger charge is -2.16. The highest BCUT2D eigenvalue weighted by Crippen LogP contribution is 2.19. The maximum atomic E-state index is 13.7. The summed E-state index contributed by atoms with van der Waals surface area (Å²) in [4.78, 5) is 16.1. The Morgan fingerprint density at radius 3 is 2.44 bits per heavy atom. The highest BCUT2D eigenvalue weighted by atomic mass is 79.9. The van der Waals surface area contributed by atoms with Gasteiger partial charge in [0.2, 0.25) is 10.0 Å². The van der Waals surface area contributed by atoms with Crippen molar-refractivity contribution in [1.29, 1.82) is 0 Å². The quantitative estimate of drug-likeness (QED) is 0.740. The van der Waals surface area contributed by atoms with E-state index >= 15 is 0 Å². The number of halogens is 2. The first-order valence-corrected chi connectivity index (χ1v) is 9.50. The summed E-state index contributed by atoms with van der Waals surface area (Å²) < 4.78 is 39.3. The highest BCUT2D eigenvalue weighted by Gasteiger charge is 2.19. The number of carbonyl (C=O) groups excluding carboxylic acids is 1. The molecule has 0 spiro atoms. The van der Waals surface area contributed by atoms with E-state index in [4.69, 9.17) is 0 Å². The average Bonchev–Trinajstić information content (AvgIpc) is 2.56. The van der Waals surface area contributed by atoms with Crippen LogP contribution in [0.25, 0.3) is 0 Å². The Morgan fingerprint density at radius 2 is 1.88 bits per heavy atom. The van der Waals surface area contributed by atoms with Crippen LogP contribution in [-0.4, -0.2) is 37.7 Å². The molecule has 1 heterocycles. The molecule has 2 rings (SSSR count). The lowest BCUT2D eigenvalue weighted by molar-refractivity contribution is 0.0935. The first-order chi connectivity index (χ1) is 11.6. The van der Waals surface area contributed by atoms with Gasteiger partial charge in [0.25, 0.3) is 5.91 Å². The van der Waals surface area contributed by atoms with E-state index in [1.54, 1.807) is 19.1 Å². The fraction of sp³-hybridized carbons (Fsp3) is 0.250. The minimum atomic E-state index is -3.51. The van der Waals surface area contributed by atoms with E-state index in [2.05, 4.69) is 26.2 Å². The number of benzene rings is 1. The molecule has 0 fully saturated rings. The first-order valence-electron chi connectivity index (χ1n) is 7.27. The summed E-state index contributed by atoms with van der Waals surface area (Å²) in [6.45, 7) is 1.72. The topological polar surface area (TPSA) is 79.4 Å². The second-order valence-electron chi connectivity index (χ2n) is 5.54. The van der Waals surface area contributed by atoms with E-state index in [0.29, 0.717) is 10.2 Å². The van der Waals surface area contributed by atoms with Gasteiger partial charge in [-0.2, -0.15) is 0 Å². The van der Waals surface area contributed by atoms with Crippen LogP contribution in [0, 0.1) is 5.82 Å². The Bertz CT molecular complexity index is 886. The molecule has 1 amide bonds. The number of nitrogens with zero attached hydrogens (tertiary/aromatic N) is 2. The Morgan fingerprint density at radius 1 is 1.28 bits per heavy atom. The van der Waals surface area contributed by atoms with Gasteiger partial charge in [0, 0.05) is 14.1 Å². The fourth-order valence-electron chi connectivity index (χ4n) is 2.08. The minimum Gasteiger partial charge on any atom is -0.345 e. The average molecular weight is 430 g/mol. The van der Waals surface area contributed by atoms with E-state index in [9.17, 15) is 17.6 Å². The molecule has 1 atom stereocenters. The van der Waals surface area contributed by atoms with Crippen LogP contribution in [0.1, 0.15) is 28.9 Å². The van der Waals surface area contributed by atoms with Crippen molar-refractivity contribution in [2.75, 3.05) is 14.1 Å². The SMILES string of the molecule is CC(NC(=O)c1cc(Br)ncc1F)c1ccc(S(=O)(=O)N(C)C)cc1. The second-order valence-corrected chi connectivity index (χ2v) is 8.50. The molecule has 9 heteroatoms. The number of sulfonamides is 1. The molecular formula is C16H17BrFN3O3S. The van der Waals surface area contributed by atoms with Crippen molar-refractivity contribution in [1.82, 2.24) is 14.6 Å². The number of amides is 1. The molecular weight excluding hydrogens is 413 g/mol. The Hall–Kier alpha value is -1.84. The van der Waals surface area contributed by atoms with Crippen LogP contribution in [0.5, 0.6) is 0 Å². The summed E-state index contributed by atoms with van der Waals surface area (Å²) in [6.07, 6.45) is 0.963. The van der Waals surface area contributed by atoms with Gasteiger partial charge in [0.05, 0.1) is 22.7 Å². The Labute approximate surface area is 154 Å². The summed E-state index contributed by atoms with van der Waals surface area (Å²) in [6, 6.07) is 7.02. The molecule has 1 N–H and O–H groups in total. The molecule has 6 nitrogen and oxygen atoms in total. The number of nitrogens with one attached hydrogen (secondary N) is 1. The molecule has 0 aliphatic heterocycles. The summed E-state index contributed by atoms with van der Waals surface area (Å²) in [7, 11) is -0.608. The van der Waals surface area contributed by atoms with Crippen molar-refractivity contribution < 1.29 is 17.6 Å². The van der Waals surface area contributed by atoms with Crippen molar-refractivity contribution in [3.63, 3.8) is 0 Å². The number of pyridine rings is 1. The third kappa shape index (κ3) is 4.42. The maximum Gasteiger partial charge on any atom is 0.254 e. The fourth-order valence-corrected chi connectivity index (χ4v) is 3.32. The summed E-state index contributed by atoms with van der Waals surface area (Å²) >= 11 is 3.10. The Balaban J connectivity index is 2.17. The lowest BCUT2D eigenvalue weighted by Crippen LogP contribution is -2.27. The number of aromatic nitrogens is 1. The third-order valence-electron chi connectivity index (χ3n) is 3.57. The minimum absolute atomic E-state index is 0.125. The standard InChI is InChI=1S/C16H17BrFN3O3S/c1-10(20-16(22)13-8-15(17)19-9-14(13)18)11-4-6-12(7-5-11)25(23,24)21(2)3/h4-10H,1-3H3,(H,20,22). The molecule has 0 saturated heterocycles. The number of carbonyl (C=O) groups is 1. The van der Waals surface area contributed by atoms with E-state index in [1.807, 2.05) is 0 Å². The second kappa shape index (κ2) is 7.59. The molecule has 1 aromatic carbocycles.